The topological polar surface area (TPSA) is 50.8 Å². The molecule has 2 aliphatic heterocycles. The van der Waals surface area contributed by atoms with Gasteiger partial charge < -0.3 is 19.7 Å². The SMILES string of the molecule is O=C(NCc1cccs1)N1CC(OCC2CCOC2)C1. The zero-order valence-corrected chi connectivity index (χ0v) is 12.2. The minimum absolute atomic E-state index is 0.00227. The van der Waals surface area contributed by atoms with Crippen molar-refractivity contribution in [1.82, 2.24) is 10.2 Å². The maximum atomic E-state index is 11.9. The second-order valence-corrected chi connectivity index (χ2v) is 6.36. The molecule has 2 saturated heterocycles. The van der Waals surface area contributed by atoms with Crippen LogP contribution < -0.4 is 5.32 Å². The van der Waals surface area contributed by atoms with Crippen LogP contribution >= 0.6 is 11.3 Å². The van der Waals surface area contributed by atoms with E-state index in [4.69, 9.17) is 9.47 Å². The molecule has 0 bridgehead atoms. The third-order valence-electron chi connectivity index (χ3n) is 3.72. The highest BCUT2D eigenvalue weighted by atomic mass is 32.1. The first-order valence-electron chi connectivity index (χ1n) is 7.06. The Bertz CT molecular complexity index is 426. The van der Waals surface area contributed by atoms with Crippen LogP contribution in [0.15, 0.2) is 17.5 Å². The summed E-state index contributed by atoms with van der Waals surface area (Å²) in [6.45, 7) is 4.44. The van der Waals surface area contributed by atoms with Crippen molar-refractivity contribution in [2.75, 3.05) is 32.9 Å². The average molecular weight is 296 g/mol. The summed E-state index contributed by atoms with van der Waals surface area (Å²) in [7, 11) is 0. The molecule has 0 aromatic carbocycles. The highest BCUT2D eigenvalue weighted by Gasteiger charge is 2.32. The molecule has 2 fully saturated rings. The lowest BCUT2D eigenvalue weighted by Gasteiger charge is -2.39. The number of likely N-dealkylation sites (tertiary alicyclic amines) is 1. The van der Waals surface area contributed by atoms with E-state index in [1.165, 1.54) is 4.88 Å². The average Bonchev–Trinajstić information content (AvgIpc) is 3.07. The van der Waals surface area contributed by atoms with E-state index in [1.807, 2.05) is 17.5 Å². The first kappa shape index (κ1) is 13.9. The summed E-state index contributed by atoms with van der Waals surface area (Å²) in [6, 6.07) is 4.02. The van der Waals surface area contributed by atoms with E-state index in [-0.39, 0.29) is 12.1 Å². The van der Waals surface area contributed by atoms with Crippen LogP contribution in [-0.4, -0.2) is 49.9 Å². The quantitative estimate of drug-likeness (QED) is 0.899. The molecule has 1 atom stereocenters. The van der Waals surface area contributed by atoms with Crippen LogP contribution in [0.4, 0.5) is 4.79 Å². The van der Waals surface area contributed by atoms with Gasteiger partial charge in [0.2, 0.25) is 0 Å². The van der Waals surface area contributed by atoms with Crippen LogP contribution in [0.1, 0.15) is 11.3 Å². The summed E-state index contributed by atoms with van der Waals surface area (Å²) in [5.41, 5.74) is 0. The third kappa shape index (κ3) is 3.50. The van der Waals surface area contributed by atoms with Gasteiger partial charge in [0, 0.05) is 17.4 Å². The van der Waals surface area contributed by atoms with Gasteiger partial charge >= 0.3 is 6.03 Å². The first-order chi connectivity index (χ1) is 9.81. The molecule has 6 heteroatoms. The van der Waals surface area contributed by atoms with E-state index in [2.05, 4.69) is 5.32 Å². The smallest absolute Gasteiger partial charge is 0.317 e. The van der Waals surface area contributed by atoms with E-state index in [9.17, 15) is 4.79 Å². The molecule has 2 amide bonds. The van der Waals surface area contributed by atoms with E-state index >= 15 is 0 Å². The van der Waals surface area contributed by atoms with Crippen molar-refractivity contribution in [3.63, 3.8) is 0 Å². The fraction of sp³-hybridized carbons (Fsp3) is 0.643. The molecule has 1 unspecified atom stereocenters. The first-order valence-corrected chi connectivity index (χ1v) is 7.94. The standard InChI is InChI=1S/C14H20N2O3S/c17-14(15-6-13-2-1-5-20-13)16-7-12(8-16)19-10-11-3-4-18-9-11/h1-2,5,11-12H,3-4,6-10H2,(H,15,17). The van der Waals surface area contributed by atoms with Crippen LogP contribution in [0.25, 0.3) is 0 Å². The lowest BCUT2D eigenvalue weighted by atomic mass is 10.1. The number of ether oxygens (including phenoxy) is 2. The molecule has 1 N–H and O–H groups in total. The molecule has 2 aliphatic rings. The number of nitrogens with zero attached hydrogens (tertiary/aromatic N) is 1. The number of nitrogens with one attached hydrogen (secondary N) is 1. The van der Waals surface area contributed by atoms with Gasteiger partial charge in [-0.3, -0.25) is 0 Å². The van der Waals surface area contributed by atoms with Gasteiger partial charge in [-0.2, -0.15) is 0 Å². The lowest BCUT2D eigenvalue weighted by Crippen LogP contribution is -2.57. The Kier molecular flexibility index (Phi) is 4.54. The van der Waals surface area contributed by atoms with Gasteiger partial charge in [-0.25, -0.2) is 4.79 Å². The van der Waals surface area contributed by atoms with Gasteiger partial charge in [-0.05, 0) is 17.9 Å². The summed E-state index contributed by atoms with van der Waals surface area (Å²) < 4.78 is 11.1. The molecule has 1 aromatic rings. The minimum Gasteiger partial charge on any atom is -0.381 e. The summed E-state index contributed by atoms with van der Waals surface area (Å²) in [5.74, 6) is 0.539. The highest BCUT2D eigenvalue weighted by Crippen LogP contribution is 2.17. The van der Waals surface area contributed by atoms with Gasteiger partial charge in [0.25, 0.3) is 0 Å². The summed E-state index contributed by atoms with van der Waals surface area (Å²) in [4.78, 5) is 14.8. The summed E-state index contributed by atoms with van der Waals surface area (Å²) >= 11 is 1.66. The molecule has 0 spiro atoms. The molecule has 5 nitrogen and oxygen atoms in total. The zero-order valence-electron chi connectivity index (χ0n) is 11.4. The Balaban J connectivity index is 1.29. The fourth-order valence-corrected chi connectivity index (χ4v) is 3.03. The Hall–Kier alpha value is -1.11. The third-order valence-corrected chi connectivity index (χ3v) is 4.60. The van der Waals surface area contributed by atoms with Crippen molar-refractivity contribution >= 4 is 17.4 Å². The molecule has 1 aromatic heterocycles. The number of thiophene rings is 1. The second-order valence-electron chi connectivity index (χ2n) is 5.33. The van der Waals surface area contributed by atoms with Crippen LogP contribution in [0.5, 0.6) is 0 Å². The second kappa shape index (κ2) is 6.56. The van der Waals surface area contributed by atoms with Gasteiger partial charge in [-0.1, -0.05) is 6.07 Å². The minimum atomic E-state index is 0.00227. The van der Waals surface area contributed by atoms with E-state index in [1.54, 1.807) is 16.2 Å². The molecule has 3 rings (SSSR count). The van der Waals surface area contributed by atoms with Crippen molar-refractivity contribution in [2.45, 2.75) is 19.1 Å². The number of rotatable bonds is 5. The van der Waals surface area contributed by atoms with E-state index in [0.717, 1.165) is 26.2 Å². The van der Waals surface area contributed by atoms with Crippen LogP contribution in [-0.2, 0) is 16.0 Å². The van der Waals surface area contributed by atoms with Crippen molar-refractivity contribution < 1.29 is 14.3 Å². The number of hydrogen-bond donors (Lipinski definition) is 1. The molecule has 3 heterocycles. The monoisotopic (exact) mass is 296 g/mol. The lowest BCUT2D eigenvalue weighted by molar-refractivity contribution is -0.0487. The zero-order chi connectivity index (χ0) is 13.8. The summed E-state index contributed by atoms with van der Waals surface area (Å²) in [6.07, 6.45) is 1.29. The predicted molar refractivity (Wildman–Crippen MR) is 76.8 cm³/mol. The maximum absolute atomic E-state index is 11.9. The Morgan fingerprint density at radius 3 is 3.15 bits per heavy atom. The number of carbonyl (C=O) groups is 1. The Morgan fingerprint density at radius 1 is 1.55 bits per heavy atom. The van der Waals surface area contributed by atoms with Crippen LogP contribution in [0.2, 0.25) is 0 Å². The van der Waals surface area contributed by atoms with Gasteiger partial charge in [0.05, 0.1) is 39.0 Å². The van der Waals surface area contributed by atoms with Crippen LogP contribution in [0.3, 0.4) is 0 Å². The predicted octanol–water partition coefficient (Wildman–Crippen LogP) is 1.70. The maximum Gasteiger partial charge on any atom is 0.317 e. The number of hydrogen-bond acceptors (Lipinski definition) is 4. The number of amides is 2. The van der Waals surface area contributed by atoms with Crippen LogP contribution in [0, 0.1) is 5.92 Å². The highest BCUT2D eigenvalue weighted by molar-refractivity contribution is 7.09. The van der Waals surface area contributed by atoms with E-state index in [0.29, 0.717) is 25.6 Å². The molecular weight excluding hydrogens is 276 g/mol. The molecular formula is C14H20N2O3S. The Labute approximate surface area is 122 Å². The molecule has 0 saturated carbocycles. The van der Waals surface area contributed by atoms with Crippen molar-refractivity contribution in [2.24, 2.45) is 5.92 Å². The van der Waals surface area contributed by atoms with Crippen molar-refractivity contribution in [3.05, 3.63) is 22.4 Å². The van der Waals surface area contributed by atoms with Crippen molar-refractivity contribution in [1.29, 1.82) is 0 Å². The van der Waals surface area contributed by atoms with E-state index < -0.39 is 0 Å². The molecule has 110 valence electrons. The van der Waals surface area contributed by atoms with Crippen molar-refractivity contribution in [3.8, 4) is 0 Å². The molecule has 20 heavy (non-hydrogen) atoms. The number of carbonyl (C=O) groups excluding carboxylic acids is 1. The van der Waals surface area contributed by atoms with Gasteiger partial charge in [-0.15, -0.1) is 11.3 Å². The largest absolute Gasteiger partial charge is 0.381 e. The molecule has 0 radical (unpaired) electrons. The fourth-order valence-electron chi connectivity index (χ4n) is 2.38. The molecule has 0 aliphatic carbocycles. The van der Waals surface area contributed by atoms with Gasteiger partial charge in [0.1, 0.15) is 0 Å². The Morgan fingerprint density at radius 2 is 2.45 bits per heavy atom. The van der Waals surface area contributed by atoms with Gasteiger partial charge in [0.15, 0.2) is 0 Å². The number of urea groups is 1. The summed E-state index contributed by atoms with van der Waals surface area (Å²) in [5, 5.41) is 4.94. The normalized spacial score (nSPS) is 22.8.